The Hall–Kier alpha value is -1.40. The van der Waals surface area contributed by atoms with Crippen LogP contribution in [0.1, 0.15) is 33.3 Å². The molecule has 2 amide bonds. The van der Waals surface area contributed by atoms with Crippen LogP contribution < -0.4 is 16.4 Å². The second-order valence-electron chi connectivity index (χ2n) is 6.66. The minimum absolute atomic E-state index is 0.0365. The van der Waals surface area contributed by atoms with Gasteiger partial charge in [-0.2, -0.15) is 0 Å². The summed E-state index contributed by atoms with van der Waals surface area (Å²) in [6.07, 6.45) is 0. The van der Waals surface area contributed by atoms with E-state index < -0.39 is 6.04 Å². The van der Waals surface area contributed by atoms with Gasteiger partial charge in [0.2, 0.25) is 11.8 Å². The van der Waals surface area contributed by atoms with Gasteiger partial charge in [0, 0.05) is 16.4 Å². The summed E-state index contributed by atoms with van der Waals surface area (Å²) in [6, 6.07) is 7.42. The lowest BCUT2D eigenvalue weighted by Gasteiger charge is -2.26. The van der Waals surface area contributed by atoms with E-state index in [1.165, 1.54) is 0 Å². The number of hydrogen-bond donors (Lipinski definition) is 3. The van der Waals surface area contributed by atoms with Crippen molar-refractivity contribution in [2.75, 3.05) is 13.1 Å². The molecule has 0 aliphatic heterocycles. The highest BCUT2D eigenvalue weighted by Gasteiger charge is 2.22. The van der Waals surface area contributed by atoms with Crippen LogP contribution in [-0.2, 0) is 15.0 Å². The molecule has 1 atom stereocenters. The molecule has 0 aliphatic rings. The van der Waals surface area contributed by atoms with E-state index >= 15 is 0 Å². The van der Waals surface area contributed by atoms with E-state index in [4.69, 9.17) is 5.73 Å². The monoisotopic (exact) mass is 383 g/mol. The summed E-state index contributed by atoms with van der Waals surface area (Å²) in [5.41, 5.74) is 6.66. The zero-order valence-electron chi connectivity index (χ0n) is 14.2. The van der Waals surface area contributed by atoms with Gasteiger partial charge in [-0.15, -0.1) is 0 Å². The van der Waals surface area contributed by atoms with Crippen molar-refractivity contribution in [3.8, 4) is 0 Å². The number of rotatable bonds is 7. The SMILES string of the molecule is CC(C)[C@H](N)C(=O)NCC(=O)NCC(C)(C)c1ccc(Br)cc1. The normalized spacial score (nSPS) is 12.8. The highest BCUT2D eigenvalue weighted by atomic mass is 79.9. The van der Waals surface area contributed by atoms with Crippen LogP contribution in [-0.4, -0.2) is 30.9 Å². The van der Waals surface area contributed by atoms with E-state index in [1.807, 2.05) is 38.1 Å². The molecule has 1 rings (SSSR count). The van der Waals surface area contributed by atoms with Gasteiger partial charge in [0.15, 0.2) is 0 Å². The topological polar surface area (TPSA) is 84.2 Å². The lowest BCUT2D eigenvalue weighted by molar-refractivity contribution is -0.127. The summed E-state index contributed by atoms with van der Waals surface area (Å²) >= 11 is 3.41. The van der Waals surface area contributed by atoms with Gasteiger partial charge < -0.3 is 16.4 Å². The number of amides is 2. The third-order valence-corrected chi connectivity index (χ3v) is 4.33. The molecule has 6 heteroatoms. The van der Waals surface area contributed by atoms with Crippen molar-refractivity contribution in [2.24, 2.45) is 11.7 Å². The predicted octanol–water partition coefficient (Wildman–Crippen LogP) is 1.94. The minimum atomic E-state index is -0.595. The molecule has 128 valence electrons. The third-order valence-electron chi connectivity index (χ3n) is 3.80. The van der Waals surface area contributed by atoms with Gasteiger partial charge in [-0.25, -0.2) is 0 Å². The molecule has 1 aromatic rings. The van der Waals surface area contributed by atoms with Gasteiger partial charge in [0.05, 0.1) is 12.6 Å². The summed E-state index contributed by atoms with van der Waals surface area (Å²) < 4.78 is 1.02. The fourth-order valence-electron chi connectivity index (χ4n) is 1.97. The van der Waals surface area contributed by atoms with E-state index in [1.54, 1.807) is 0 Å². The van der Waals surface area contributed by atoms with Gasteiger partial charge in [-0.1, -0.05) is 55.8 Å². The number of nitrogens with two attached hydrogens (primary N) is 1. The van der Waals surface area contributed by atoms with Crippen LogP contribution in [0.3, 0.4) is 0 Å². The van der Waals surface area contributed by atoms with E-state index in [0.717, 1.165) is 10.0 Å². The zero-order chi connectivity index (χ0) is 17.6. The van der Waals surface area contributed by atoms with Gasteiger partial charge in [-0.3, -0.25) is 9.59 Å². The molecular formula is C17H26BrN3O2. The fraction of sp³-hybridized carbons (Fsp3) is 0.529. The zero-order valence-corrected chi connectivity index (χ0v) is 15.7. The molecule has 0 bridgehead atoms. The molecule has 0 fully saturated rings. The number of benzene rings is 1. The van der Waals surface area contributed by atoms with Crippen LogP contribution in [0.15, 0.2) is 28.7 Å². The maximum atomic E-state index is 11.9. The Labute approximate surface area is 146 Å². The van der Waals surface area contributed by atoms with Crippen LogP contribution in [0.4, 0.5) is 0 Å². The summed E-state index contributed by atoms with van der Waals surface area (Å²) in [5.74, 6) is -0.490. The van der Waals surface area contributed by atoms with Gasteiger partial charge >= 0.3 is 0 Å². The van der Waals surface area contributed by atoms with Crippen LogP contribution in [0, 0.1) is 5.92 Å². The van der Waals surface area contributed by atoms with E-state index in [2.05, 4.69) is 40.4 Å². The average Bonchev–Trinajstić information content (AvgIpc) is 2.50. The lowest BCUT2D eigenvalue weighted by atomic mass is 9.84. The molecule has 5 nitrogen and oxygen atoms in total. The van der Waals surface area contributed by atoms with E-state index in [-0.39, 0.29) is 29.7 Å². The lowest BCUT2D eigenvalue weighted by Crippen LogP contribution is -2.48. The number of carbonyl (C=O) groups excluding carboxylic acids is 2. The number of nitrogens with one attached hydrogen (secondary N) is 2. The van der Waals surface area contributed by atoms with Crippen molar-refractivity contribution in [2.45, 2.75) is 39.2 Å². The standard InChI is InChI=1S/C17H26BrN3O2/c1-11(2)15(19)16(23)20-9-14(22)21-10-17(3,4)12-5-7-13(18)8-6-12/h5-8,11,15H,9-10,19H2,1-4H3,(H,20,23)(H,21,22)/t15-/m0/s1. The van der Waals surface area contributed by atoms with Gasteiger partial charge in [0.25, 0.3) is 0 Å². The Balaban J connectivity index is 2.46. The molecule has 0 radical (unpaired) electrons. The van der Waals surface area contributed by atoms with Crippen LogP contribution >= 0.6 is 15.9 Å². The van der Waals surface area contributed by atoms with E-state index in [9.17, 15) is 9.59 Å². The summed E-state index contributed by atoms with van der Waals surface area (Å²) in [4.78, 5) is 23.6. The molecular weight excluding hydrogens is 358 g/mol. The highest BCUT2D eigenvalue weighted by molar-refractivity contribution is 9.10. The van der Waals surface area contributed by atoms with Crippen molar-refractivity contribution in [1.82, 2.24) is 10.6 Å². The number of hydrogen-bond acceptors (Lipinski definition) is 3. The Morgan fingerprint density at radius 1 is 1.17 bits per heavy atom. The number of carbonyl (C=O) groups is 2. The summed E-state index contributed by atoms with van der Waals surface area (Å²) in [6.45, 7) is 8.28. The average molecular weight is 384 g/mol. The minimum Gasteiger partial charge on any atom is -0.354 e. The number of halogens is 1. The smallest absolute Gasteiger partial charge is 0.239 e. The molecule has 0 aromatic heterocycles. The van der Waals surface area contributed by atoms with Crippen molar-refractivity contribution >= 4 is 27.7 Å². The highest BCUT2D eigenvalue weighted by Crippen LogP contribution is 2.23. The van der Waals surface area contributed by atoms with E-state index in [0.29, 0.717) is 6.54 Å². The predicted molar refractivity (Wildman–Crippen MR) is 96.0 cm³/mol. The quantitative estimate of drug-likeness (QED) is 0.672. The summed E-state index contributed by atoms with van der Waals surface area (Å²) in [7, 11) is 0. The first kappa shape index (κ1) is 19.6. The summed E-state index contributed by atoms with van der Waals surface area (Å²) in [5, 5.41) is 5.42. The Bertz CT molecular complexity index is 541. The van der Waals surface area contributed by atoms with Crippen LogP contribution in [0.5, 0.6) is 0 Å². The molecule has 23 heavy (non-hydrogen) atoms. The molecule has 4 N–H and O–H groups in total. The van der Waals surface area contributed by atoms with Crippen LogP contribution in [0.2, 0.25) is 0 Å². The van der Waals surface area contributed by atoms with Crippen molar-refractivity contribution in [1.29, 1.82) is 0 Å². The van der Waals surface area contributed by atoms with Crippen molar-refractivity contribution in [3.63, 3.8) is 0 Å². The maximum absolute atomic E-state index is 11.9. The fourth-order valence-corrected chi connectivity index (χ4v) is 2.24. The Morgan fingerprint density at radius 2 is 1.74 bits per heavy atom. The molecule has 0 saturated heterocycles. The molecule has 0 spiro atoms. The van der Waals surface area contributed by atoms with Gasteiger partial charge in [-0.05, 0) is 23.6 Å². The first-order valence-electron chi connectivity index (χ1n) is 7.69. The molecule has 0 saturated carbocycles. The second-order valence-corrected chi connectivity index (χ2v) is 7.57. The van der Waals surface area contributed by atoms with Crippen molar-refractivity contribution < 1.29 is 9.59 Å². The maximum Gasteiger partial charge on any atom is 0.239 e. The largest absolute Gasteiger partial charge is 0.354 e. The molecule has 0 aliphatic carbocycles. The van der Waals surface area contributed by atoms with Crippen LogP contribution in [0.25, 0.3) is 0 Å². The van der Waals surface area contributed by atoms with Gasteiger partial charge in [0.1, 0.15) is 0 Å². The Kier molecular flexibility index (Phi) is 7.22. The molecule has 1 aromatic carbocycles. The molecule has 0 unspecified atom stereocenters. The first-order valence-corrected chi connectivity index (χ1v) is 8.49. The second kappa shape index (κ2) is 8.45. The Morgan fingerprint density at radius 3 is 2.26 bits per heavy atom. The third kappa shape index (κ3) is 6.31. The van der Waals surface area contributed by atoms with Crippen molar-refractivity contribution in [3.05, 3.63) is 34.3 Å². The first-order chi connectivity index (χ1) is 10.6. The molecule has 0 heterocycles.